The number of nitrogens with zero attached hydrogens (tertiary/aromatic N) is 2. The second-order valence-corrected chi connectivity index (χ2v) is 13.1. The maximum Gasteiger partial charge on any atom is 0.0378 e. The summed E-state index contributed by atoms with van der Waals surface area (Å²) in [6.45, 7) is 31.5. The predicted octanol–water partition coefficient (Wildman–Crippen LogP) is 11.2. The molecule has 3 heteroatoms. The monoisotopic (exact) mass is 600 g/mol. The fourth-order valence-corrected chi connectivity index (χ4v) is 5.86. The van der Waals surface area contributed by atoms with Crippen LogP contribution in [0.4, 0.5) is 0 Å². The van der Waals surface area contributed by atoms with Gasteiger partial charge in [-0.3, -0.25) is 0 Å². The van der Waals surface area contributed by atoms with Gasteiger partial charge >= 0.3 is 0 Å². The number of allylic oxidation sites excluding steroid dienone is 8. The molecule has 244 valence electrons. The molecule has 1 aromatic carbocycles. The molecule has 0 bridgehead atoms. The SMILES string of the molecule is C=C(c1ccc(CCC)c(C/C=C/C=C(\C)C(C)(C)C)c1)N1CCC2(CC1)CCN(C(/C=C\C)=C/C=N)CC2.C=CC.CC. The maximum absolute atomic E-state index is 7.49. The van der Waals surface area contributed by atoms with Crippen LogP contribution in [0.15, 0.2) is 85.2 Å². The van der Waals surface area contributed by atoms with Gasteiger partial charge in [-0.2, -0.15) is 0 Å². The van der Waals surface area contributed by atoms with Crippen molar-refractivity contribution in [3.8, 4) is 0 Å². The Labute approximate surface area is 272 Å². The van der Waals surface area contributed by atoms with Gasteiger partial charge in [0.15, 0.2) is 0 Å². The lowest BCUT2D eigenvalue weighted by molar-refractivity contribution is 0.0652. The highest BCUT2D eigenvalue weighted by Crippen LogP contribution is 2.43. The van der Waals surface area contributed by atoms with E-state index in [-0.39, 0.29) is 5.41 Å². The predicted molar refractivity (Wildman–Crippen MR) is 198 cm³/mol. The molecule has 0 atom stereocenters. The minimum atomic E-state index is 0.215. The lowest BCUT2D eigenvalue weighted by atomic mass is 9.71. The summed E-state index contributed by atoms with van der Waals surface area (Å²) in [5.74, 6) is 0. The zero-order chi connectivity index (χ0) is 33.2. The third kappa shape index (κ3) is 12.1. The van der Waals surface area contributed by atoms with Crippen molar-refractivity contribution >= 4 is 11.9 Å². The largest absolute Gasteiger partial charge is 0.371 e. The zero-order valence-corrected chi connectivity index (χ0v) is 29.9. The maximum atomic E-state index is 7.49. The molecular formula is C41H65N3. The molecule has 1 aromatic rings. The summed E-state index contributed by atoms with van der Waals surface area (Å²) in [4.78, 5) is 4.98. The van der Waals surface area contributed by atoms with Crippen LogP contribution in [0, 0.1) is 16.2 Å². The molecule has 3 nitrogen and oxygen atoms in total. The van der Waals surface area contributed by atoms with Crippen LogP contribution in [-0.2, 0) is 12.8 Å². The van der Waals surface area contributed by atoms with Gasteiger partial charge in [0.1, 0.15) is 0 Å². The van der Waals surface area contributed by atoms with Crippen molar-refractivity contribution in [3.63, 3.8) is 0 Å². The molecule has 2 fully saturated rings. The van der Waals surface area contributed by atoms with Gasteiger partial charge in [0, 0.05) is 43.8 Å². The van der Waals surface area contributed by atoms with E-state index < -0.39 is 0 Å². The second kappa shape index (κ2) is 20.1. The third-order valence-corrected chi connectivity index (χ3v) is 9.05. The van der Waals surface area contributed by atoms with Crippen LogP contribution in [0.5, 0.6) is 0 Å². The summed E-state index contributed by atoms with van der Waals surface area (Å²) in [7, 11) is 0. The standard InChI is InChI=1S/C36H53N3.C3H6.C2H6/c1-8-12-31-16-17-32(28-33(31)15-11-10-14-29(3)35(5,6)7)30(4)38-24-19-36(20-25-38)21-26-39(27-22-36)34(13-9-2)18-23-37;1-3-2;1-2/h9-11,13-14,16-18,23,28,37H,4,8,12,15,19-22,24-27H2,1-3,5-7H3;3H,1H2,2H3;1-2H3/b11-10+,13-9-,29-14+,34-18+,37-23?;;. The molecule has 44 heavy (non-hydrogen) atoms. The highest BCUT2D eigenvalue weighted by atomic mass is 15.2. The fraction of sp³-hybridized carbons (Fsp3) is 0.537. The van der Waals surface area contributed by atoms with Gasteiger partial charge in [0.05, 0.1) is 0 Å². The summed E-state index contributed by atoms with van der Waals surface area (Å²) in [6.07, 6.45) is 24.3. The minimum Gasteiger partial charge on any atom is -0.371 e. The number of rotatable bonds is 10. The van der Waals surface area contributed by atoms with E-state index in [1.807, 2.05) is 26.8 Å². The molecular weight excluding hydrogens is 534 g/mol. The van der Waals surface area contributed by atoms with Gasteiger partial charge in [-0.25, -0.2) is 0 Å². The molecule has 0 amide bonds. The Morgan fingerprint density at radius 3 is 2.02 bits per heavy atom. The van der Waals surface area contributed by atoms with E-state index in [2.05, 4.69) is 113 Å². The van der Waals surface area contributed by atoms with E-state index in [1.165, 1.54) is 72.0 Å². The summed E-state index contributed by atoms with van der Waals surface area (Å²) in [6, 6.07) is 7.04. The van der Waals surface area contributed by atoms with Gasteiger partial charge < -0.3 is 15.2 Å². The Morgan fingerprint density at radius 2 is 1.52 bits per heavy atom. The minimum absolute atomic E-state index is 0.215. The van der Waals surface area contributed by atoms with E-state index >= 15 is 0 Å². The Kier molecular flexibility index (Phi) is 17.8. The summed E-state index contributed by atoms with van der Waals surface area (Å²) in [5.41, 5.74) is 8.61. The number of hydrogen-bond donors (Lipinski definition) is 1. The Balaban J connectivity index is 0.00000182. The third-order valence-electron chi connectivity index (χ3n) is 9.05. The summed E-state index contributed by atoms with van der Waals surface area (Å²) < 4.78 is 0. The topological polar surface area (TPSA) is 30.3 Å². The van der Waals surface area contributed by atoms with Crippen LogP contribution >= 0.6 is 0 Å². The van der Waals surface area contributed by atoms with E-state index in [0.29, 0.717) is 5.41 Å². The molecule has 2 saturated heterocycles. The van der Waals surface area contributed by atoms with Crippen molar-refractivity contribution in [3.05, 3.63) is 102 Å². The van der Waals surface area contributed by atoms with Crippen molar-refractivity contribution < 1.29 is 0 Å². The molecule has 0 aliphatic carbocycles. The summed E-state index contributed by atoms with van der Waals surface area (Å²) >= 11 is 0. The molecule has 1 spiro atoms. The fourth-order valence-electron chi connectivity index (χ4n) is 5.86. The van der Waals surface area contributed by atoms with E-state index in [4.69, 9.17) is 5.41 Å². The lowest BCUT2D eigenvalue weighted by Gasteiger charge is -2.48. The van der Waals surface area contributed by atoms with Crippen LogP contribution in [0.2, 0.25) is 0 Å². The first-order valence-corrected chi connectivity index (χ1v) is 17.1. The molecule has 2 heterocycles. The van der Waals surface area contributed by atoms with Crippen LogP contribution in [0.3, 0.4) is 0 Å². The molecule has 3 rings (SSSR count). The molecule has 2 aliphatic heterocycles. The number of nitrogens with one attached hydrogen (secondary N) is 1. The molecule has 0 unspecified atom stereocenters. The molecule has 0 aromatic heterocycles. The first kappa shape index (κ1) is 39.0. The van der Waals surface area contributed by atoms with E-state index in [1.54, 1.807) is 6.08 Å². The van der Waals surface area contributed by atoms with Crippen LogP contribution in [0.1, 0.15) is 111 Å². The number of benzene rings is 1. The van der Waals surface area contributed by atoms with Crippen molar-refractivity contribution in [2.45, 2.75) is 107 Å². The zero-order valence-electron chi connectivity index (χ0n) is 29.9. The molecule has 0 radical (unpaired) electrons. The Hall–Kier alpha value is -3.07. The van der Waals surface area contributed by atoms with Crippen LogP contribution in [0.25, 0.3) is 5.70 Å². The van der Waals surface area contributed by atoms with Gasteiger partial charge in [-0.1, -0.05) is 103 Å². The van der Waals surface area contributed by atoms with Crippen molar-refractivity contribution in [2.24, 2.45) is 10.8 Å². The second-order valence-electron chi connectivity index (χ2n) is 13.1. The number of likely N-dealkylation sites (tertiary alicyclic amines) is 2. The van der Waals surface area contributed by atoms with E-state index in [9.17, 15) is 0 Å². The van der Waals surface area contributed by atoms with Gasteiger partial charge in [0.25, 0.3) is 0 Å². The lowest BCUT2D eigenvalue weighted by Crippen LogP contribution is -2.45. The van der Waals surface area contributed by atoms with Gasteiger partial charge in [-0.15, -0.1) is 6.58 Å². The Bertz CT molecular complexity index is 1140. The number of piperidine rings is 2. The number of aryl methyl sites for hydroxylation is 1. The molecule has 2 aliphatic rings. The van der Waals surface area contributed by atoms with Crippen molar-refractivity contribution in [1.82, 2.24) is 9.80 Å². The smallest absolute Gasteiger partial charge is 0.0378 e. The highest BCUT2D eigenvalue weighted by molar-refractivity contribution is 5.69. The average molecular weight is 600 g/mol. The quantitative estimate of drug-likeness (QED) is 0.165. The van der Waals surface area contributed by atoms with Crippen molar-refractivity contribution in [1.29, 1.82) is 5.41 Å². The summed E-state index contributed by atoms with van der Waals surface area (Å²) in [5, 5.41) is 7.49. The number of hydrogen-bond acceptors (Lipinski definition) is 3. The highest BCUT2D eigenvalue weighted by Gasteiger charge is 2.38. The molecule has 1 N–H and O–H groups in total. The average Bonchev–Trinajstić information content (AvgIpc) is 3.01. The van der Waals surface area contributed by atoms with Gasteiger partial charge in [-0.05, 0) is 105 Å². The van der Waals surface area contributed by atoms with E-state index in [0.717, 1.165) is 39.0 Å². The molecule has 0 saturated carbocycles. The normalized spacial score (nSPS) is 17.2. The first-order valence-electron chi connectivity index (χ1n) is 17.1. The first-order chi connectivity index (χ1) is 21.0. The van der Waals surface area contributed by atoms with Gasteiger partial charge in [0.2, 0.25) is 0 Å². The Morgan fingerprint density at radius 1 is 0.955 bits per heavy atom. The van der Waals surface area contributed by atoms with Crippen molar-refractivity contribution in [2.75, 3.05) is 26.2 Å². The van der Waals surface area contributed by atoms with Crippen LogP contribution < -0.4 is 0 Å². The van der Waals surface area contributed by atoms with Crippen LogP contribution in [-0.4, -0.2) is 42.2 Å².